The summed E-state index contributed by atoms with van der Waals surface area (Å²) < 4.78 is 10.8. The molecule has 2 aromatic carbocycles. The predicted octanol–water partition coefficient (Wildman–Crippen LogP) is 10.3. The Balaban J connectivity index is 0.000000934. The van der Waals surface area contributed by atoms with Crippen LogP contribution in [0.2, 0.25) is 0 Å². The molecular weight excluding hydrogens is 484 g/mol. The van der Waals surface area contributed by atoms with E-state index in [1.807, 2.05) is 18.2 Å². The van der Waals surface area contributed by atoms with Gasteiger partial charge in [-0.2, -0.15) is 0 Å². The van der Waals surface area contributed by atoms with Gasteiger partial charge in [0, 0.05) is 0 Å². The molecule has 0 saturated heterocycles. The lowest BCUT2D eigenvalue weighted by Crippen LogP contribution is -2.15. The van der Waals surface area contributed by atoms with Crippen molar-refractivity contribution in [2.24, 2.45) is 0 Å². The first-order chi connectivity index (χ1) is 19.1. The van der Waals surface area contributed by atoms with Crippen molar-refractivity contribution in [3.63, 3.8) is 0 Å². The summed E-state index contributed by atoms with van der Waals surface area (Å²) in [4.78, 5) is 24.9. The highest BCUT2D eigenvalue weighted by molar-refractivity contribution is 6.03. The first kappa shape index (κ1) is 34.4. The molecule has 0 aromatic heterocycles. The molecule has 2 aromatic rings. The van der Waals surface area contributed by atoms with Gasteiger partial charge in [-0.1, -0.05) is 152 Å². The summed E-state index contributed by atoms with van der Waals surface area (Å²) in [6.45, 7) is 7.33. The Morgan fingerprint density at radius 1 is 0.487 bits per heavy atom. The minimum atomic E-state index is -0.437. The van der Waals surface area contributed by atoms with Crippen LogP contribution < -0.4 is 0 Å². The van der Waals surface area contributed by atoms with Gasteiger partial charge in [-0.05, 0) is 31.9 Å². The fourth-order valence-corrected chi connectivity index (χ4v) is 4.33. The van der Waals surface area contributed by atoms with E-state index in [1.54, 1.807) is 24.3 Å². The van der Waals surface area contributed by atoms with Crippen LogP contribution in [0.15, 0.2) is 54.6 Å². The topological polar surface area (TPSA) is 52.6 Å². The van der Waals surface area contributed by atoms with Crippen molar-refractivity contribution >= 4 is 11.9 Å². The maximum Gasteiger partial charge on any atom is 0.339 e. The van der Waals surface area contributed by atoms with E-state index >= 15 is 0 Å². The van der Waals surface area contributed by atoms with E-state index in [0.29, 0.717) is 24.3 Å². The van der Waals surface area contributed by atoms with E-state index in [4.69, 9.17) is 9.47 Å². The number of carbonyl (C=O) groups is 2. The fourth-order valence-electron chi connectivity index (χ4n) is 4.33. The van der Waals surface area contributed by atoms with Gasteiger partial charge in [0.2, 0.25) is 0 Å². The standard InChI is InChI=1S/C28H46O4.C7H8/c1-3-5-7-9-11-13-15-19-23-31-27(29)25-21-17-18-22-26(25)28(30)32-24-20-16-14-12-10-8-6-4-2;1-7-5-3-2-4-6-7/h17-18,21-22H,3-16,19-20,23-24H2,1-2H3;2-6H,1H3. The third kappa shape index (κ3) is 18.3. The second kappa shape index (κ2) is 24.4. The molecule has 0 spiro atoms. The van der Waals surface area contributed by atoms with Gasteiger partial charge in [-0.25, -0.2) is 9.59 Å². The minimum absolute atomic E-state index is 0.299. The molecule has 39 heavy (non-hydrogen) atoms. The number of aryl methyl sites for hydroxylation is 1. The number of rotatable bonds is 20. The highest BCUT2D eigenvalue weighted by Crippen LogP contribution is 2.14. The number of hydrogen-bond donors (Lipinski definition) is 0. The Kier molecular flexibility index (Phi) is 21.5. The number of unbranched alkanes of at least 4 members (excludes halogenated alkanes) is 14. The first-order valence-corrected chi connectivity index (χ1v) is 15.5. The molecule has 0 aliphatic rings. The van der Waals surface area contributed by atoms with Crippen molar-refractivity contribution in [3.05, 3.63) is 71.3 Å². The van der Waals surface area contributed by atoms with E-state index in [9.17, 15) is 9.59 Å². The van der Waals surface area contributed by atoms with Crippen molar-refractivity contribution in [3.8, 4) is 0 Å². The number of hydrogen-bond acceptors (Lipinski definition) is 4. The molecule has 4 heteroatoms. The van der Waals surface area contributed by atoms with Gasteiger partial charge < -0.3 is 9.47 Å². The molecule has 2 rings (SSSR count). The number of carbonyl (C=O) groups excluding carboxylic acids is 2. The SMILES string of the molecule is CCCCCCCCCCOC(=O)c1ccccc1C(=O)OCCCCCCCCCC.Cc1ccccc1. The van der Waals surface area contributed by atoms with Gasteiger partial charge in [0.15, 0.2) is 0 Å². The molecule has 0 amide bonds. The highest BCUT2D eigenvalue weighted by Gasteiger charge is 2.18. The number of esters is 2. The molecule has 0 atom stereocenters. The average Bonchev–Trinajstić information content (AvgIpc) is 2.96. The fraction of sp³-hybridized carbons (Fsp3) is 0.600. The Labute approximate surface area is 238 Å². The molecule has 0 aliphatic heterocycles. The summed E-state index contributed by atoms with van der Waals surface area (Å²) in [6, 6.07) is 17.0. The normalized spacial score (nSPS) is 10.4. The van der Waals surface area contributed by atoms with E-state index in [-0.39, 0.29) is 0 Å². The Bertz CT molecular complexity index is 809. The van der Waals surface area contributed by atoms with Crippen LogP contribution in [0.4, 0.5) is 0 Å². The van der Waals surface area contributed by atoms with E-state index in [2.05, 4.69) is 32.9 Å². The van der Waals surface area contributed by atoms with Gasteiger partial charge in [0.05, 0.1) is 24.3 Å². The molecule has 0 fully saturated rings. The molecular formula is C35H54O4. The summed E-state index contributed by atoms with van der Waals surface area (Å²) >= 11 is 0. The zero-order valence-corrected chi connectivity index (χ0v) is 25.1. The van der Waals surface area contributed by atoms with Crippen molar-refractivity contribution in [2.45, 2.75) is 124 Å². The molecule has 0 aliphatic carbocycles. The molecule has 0 N–H and O–H groups in total. The maximum absolute atomic E-state index is 12.5. The molecule has 0 saturated carbocycles. The second-order valence-electron chi connectivity index (χ2n) is 10.4. The van der Waals surface area contributed by atoms with Gasteiger partial charge in [0.25, 0.3) is 0 Å². The first-order valence-electron chi connectivity index (χ1n) is 15.5. The number of ether oxygens (including phenoxy) is 2. The zero-order valence-electron chi connectivity index (χ0n) is 25.1. The van der Waals surface area contributed by atoms with Crippen LogP contribution in [-0.2, 0) is 9.47 Å². The Morgan fingerprint density at radius 3 is 1.15 bits per heavy atom. The van der Waals surface area contributed by atoms with Crippen LogP contribution in [-0.4, -0.2) is 25.2 Å². The van der Waals surface area contributed by atoms with Gasteiger partial charge in [-0.15, -0.1) is 0 Å². The molecule has 4 nitrogen and oxygen atoms in total. The minimum Gasteiger partial charge on any atom is -0.462 e. The lowest BCUT2D eigenvalue weighted by atomic mass is 10.1. The molecule has 0 radical (unpaired) electrons. The molecule has 0 unspecified atom stereocenters. The summed E-state index contributed by atoms with van der Waals surface area (Å²) in [6.07, 6.45) is 19.1. The van der Waals surface area contributed by atoms with Crippen LogP contribution in [0.1, 0.15) is 143 Å². The quantitative estimate of drug-likeness (QED) is 0.124. The summed E-state index contributed by atoms with van der Waals surface area (Å²) in [5.41, 5.74) is 1.92. The average molecular weight is 539 g/mol. The monoisotopic (exact) mass is 538 g/mol. The molecule has 218 valence electrons. The lowest BCUT2D eigenvalue weighted by molar-refractivity contribution is 0.0450. The van der Waals surface area contributed by atoms with Crippen LogP contribution in [0.3, 0.4) is 0 Å². The Hall–Kier alpha value is -2.62. The van der Waals surface area contributed by atoms with Gasteiger partial charge in [0.1, 0.15) is 0 Å². The van der Waals surface area contributed by atoms with Crippen LogP contribution in [0.25, 0.3) is 0 Å². The Morgan fingerprint density at radius 2 is 0.821 bits per heavy atom. The van der Waals surface area contributed by atoms with Crippen molar-refractivity contribution in [1.29, 1.82) is 0 Å². The van der Waals surface area contributed by atoms with Gasteiger partial charge in [-0.3, -0.25) is 0 Å². The largest absolute Gasteiger partial charge is 0.462 e. The summed E-state index contributed by atoms with van der Waals surface area (Å²) in [5.74, 6) is -0.875. The zero-order chi connectivity index (χ0) is 28.4. The highest BCUT2D eigenvalue weighted by atomic mass is 16.5. The van der Waals surface area contributed by atoms with Crippen molar-refractivity contribution < 1.29 is 19.1 Å². The van der Waals surface area contributed by atoms with Crippen LogP contribution in [0, 0.1) is 6.92 Å². The lowest BCUT2D eigenvalue weighted by Gasteiger charge is -2.10. The predicted molar refractivity (Wildman–Crippen MR) is 163 cm³/mol. The second-order valence-corrected chi connectivity index (χ2v) is 10.4. The van der Waals surface area contributed by atoms with E-state index in [1.165, 1.54) is 82.6 Å². The maximum atomic E-state index is 12.5. The number of benzene rings is 2. The van der Waals surface area contributed by atoms with Crippen LogP contribution >= 0.6 is 0 Å². The summed E-state index contributed by atoms with van der Waals surface area (Å²) in [5, 5.41) is 0. The molecule has 0 bridgehead atoms. The third-order valence-corrected chi connectivity index (χ3v) is 6.77. The van der Waals surface area contributed by atoms with Crippen LogP contribution in [0.5, 0.6) is 0 Å². The smallest absolute Gasteiger partial charge is 0.339 e. The third-order valence-electron chi connectivity index (χ3n) is 6.77. The summed E-state index contributed by atoms with van der Waals surface area (Å²) in [7, 11) is 0. The van der Waals surface area contributed by atoms with E-state index in [0.717, 1.165) is 25.7 Å². The van der Waals surface area contributed by atoms with Crippen molar-refractivity contribution in [2.75, 3.05) is 13.2 Å². The van der Waals surface area contributed by atoms with E-state index < -0.39 is 11.9 Å². The van der Waals surface area contributed by atoms with Gasteiger partial charge >= 0.3 is 11.9 Å². The van der Waals surface area contributed by atoms with Crippen molar-refractivity contribution in [1.82, 2.24) is 0 Å². The molecule has 0 heterocycles.